The van der Waals surface area contributed by atoms with Crippen LogP contribution in [0.25, 0.3) is 0 Å². The number of aldehydes is 1. The van der Waals surface area contributed by atoms with Crippen LogP contribution in [0.3, 0.4) is 0 Å². The van der Waals surface area contributed by atoms with E-state index in [0.717, 1.165) is 32.1 Å². The molecule has 206 valence electrons. The van der Waals surface area contributed by atoms with E-state index in [-0.39, 0.29) is 19.1 Å². The van der Waals surface area contributed by atoms with Crippen molar-refractivity contribution < 1.29 is 34.1 Å². The second-order valence-electron chi connectivity index (χ2n) is 11.1. The van der Waals surface area contributed by atoms with Crippen molar-refractivity contribution in [2.45, 2.75) is 75.5 Å². The number of aliphatic hydroxyl groups excluding tert-OH is 2. The van der Waals surface area contributed by atoms with Gasteiger partial charge in [-0.2, -0.15) is 0 Å². The Morgan fingerprint density at radius 2 is 1.95 bits per heavy atom. The van der Waals surface area contributed by atoms with E-state index < -0.39 is 30.1 Å². The lowest BCUT2D eigenvalue weighted by Crippen LogP contribution is -2.56. The molecular formula is C29H38N2O7. The molecule has 9 heteroatoms. The smallest absolute Gasteiger partial charge is 0.247 e. The van der Waals surface area contributed by atoms with E-state index in [4.69, 9.17) is 9.47 Å². The van der Waals surface area contributed by atoms with E-state index in [1.807, 2.05) is 0 Å². The molecule has 2 saturated carbocycles. The van der Waals surface area contributed by atoms with Crippen LogP contribution in [-0.4, -0.2) is 78.3 Å². The highest BCUT2D eigenvalue weighted by molar-refractivity contribution is 5.96. The Balaban J connectivity index is 1.50. The quantitative estimate of drug-likeness (QED) is 0.378. The highest BCUT2D eigenvalue weighted by atomic mass is 16.5. The number of rotatable bonds is 11. The zero-order valence-corrected chi connectivity index (χ0v) is 21.9. The standard InChI is InChI=1S/C29H38N2O7/c1-37-23-13-19(16-33)12-20-25-21(29(36)30-10-11-32)14-22(26(35)28(25)38-27(20)23)31(15-18-6-7-18)24(34)9-8-17-4-2-3-5-17/h12-14,16-18,22,25-26,28,32,35H,2-11,15H2,1H3,(H,30,36). The number of methoxy groups -OCH3 is 1. The van der Waals surface area contributed by atoms with E-state index >= 15 is 0 Å². The number of fused-ring (bicyclic) bond motifs is 3. The lowest BCUT2D eigenvalue weighted by atomic mass is 9.77. The fourth-order valence-corrected chi connectivity index (χ4v) is 6.30. The predicted octanol–water partition coefficient (Wildman–Crippen LogP) is 2.34. The predicted molar refractivity (Wildman–Crippen MR) is 139 cm³/mol. The van der Waals surface area contributed by atoms with Crippen molar-refractivity contribution >= 4 is 18.1 Å². The molecule has 9 nitrogen and oxygen atoms in total. The Morgan fingerprint density at radius 1 is 1.18 bits per heavy atom. The van der Waals surface area contributed by atoms with Gasteiger partial charge in [-0.3, -0.25) is 14.4 Å². The van der Waals surface area contributed by atoms with E-state index in [0.29, 0.717) is 59.3 Å². The van der Waals surface area contributed by atoms with Crippen molar-refractivity contribution in [2.75, 3.05) is 26.8 Å². The largest absolute Gasteiger partial charge is 0.493 e. The van der Waals surface area contributed by atoms with Crippen LogP contribution in [0.1, 0.15) is 73.2 Å². The molecule has 3 N–H and O–H groups in total. The summed E-state index contributed by atoms with van der Waals surface area (Å²) in [5.74, 6) is 0.643. The van der Waals surface area contributed by atoms with Crippen molar-refractivity contribution in [3.63, 3.8) is 0 Å². The van der Waals surface area contributed by atoms with Crippen LogP contribution in [0.4, 0.5) is 0 Å². The van der Waals surface area contributed by atoms with Crippen LogP contribution in [0.2, 0.25) is 0 Å². The summed E-state index contributed by atoms with van der Waals surface area (Å²) in [6, 6.07) is 2.49. The number of ether oxygens (including phenoxy) is 2. The first kappa shape index (κ1) is 26.7. The Bertz CT molecular complexity index is 1090. The summed E-state index contributed by atoms with van der Waals surface area (Å²) in [6.45, 7) is 0.386. The minimum atomic E-state index is -1.08. The molecule has 0 radical (unpaired) electrons. The summed E-state index contributed by atoms with van der Waals surface area (Å²) < 4.78 is 11.7. The van der Waals surface area contributed by atoms with Gasteiger partial charge in [-0.25, -0.2) is 0 Å². The van der Waals surface area contributed by atoms with Crippen molar-refractivity contribution in [1.29, 1.82) is 0 Å². The average Bonchev–Trinajstić information content (AvgIpc) is 3.43. The monoisotopic (exact) mass is 526 g/mol. The Labute approximate surface area is 223 Å². The number of hydrogen-bond acceptors (Lipinski definition) is 7. The van der Waals surface area contributed by atoms with Crippen molar-refractivity contribution in [2.24, 2.45) is 11.8 Å². The van der Waals surface area contributed by atoms with Crippen LogP contribution in [0.15, 0.2) is 23.8 Å². The van der Waals surface area contributed by atoms with Crippen molar-refractivity contribution in [3.8, 4) is 11.5 Å². The molecule has 0 bridgehead atoms. The first-order valence-corrected chi connectivity index (χ1v) is 13.9. The van der Waals surface area contributed by atoms with Gasteiger partial charge in [0.15, 0.2) is 11.5 Å². The van der Waals surface area contributed by atoms with Gasteiger partial charge in [0, 0.05) is 36.2 Å². The fraction of sp³-hybridized carbons (Fsp3) is 0.621. The second-order valence-corrected chi connectivity index (χ2v) is 11.1. The van der Waals surface area contributed by atoms with Crippen molar-refractivity contribution in [1.82, 2.24) is 10.2 Å². The van der Waals surface area contributed by atoms with E-state index in [1.54, 1.807) is 23.1 Å². The SMILES string of the molecule is COc1cc(C=O)cc2c1OC1C2C(C(=O)NCCO)=CC(N(CC2CC2)C(=O)CCC2CCCC2)C1O. The van der Waals surface area contributed by atoms with Gasteiger partial charge in [-0.15, -0.1) is 0 Å². The average molecular weight is 527 g/mol. The Morgan fingerprint density at radius 3 is 2.61 bits per heavy atom. The zero-order chi connectivity index (χ0) is 26.8. The highest BCUT2D eigenvalue weighted by Gasteiger charge is 2.51. The molecule has 5 rings (SSSR count). The number of benzene rings is 1. The van der Waals surface area contributed by atoms with Crippen LogP contribution < -0.4 is 14.8 Å². The molecule has 4 unspecified atom stereocenters. The van der Waals surface area contributed by atoms with E-state index in [9.17, 15) is 24.6 Å². The molecule has 1 aromatic carbocycles. The number of nitrogens with zero attached hydrogens (tertiary/aromatic N) is 1. The maximum atomic E-state index is 13.6. The first-order chi connectivity index (χ1) is 18.4. The lowest BCUT2D eigenvalue weighted by Gasteiger charge is -2.41. The molecule has 0 saturated heterocycles. The van der Waals surface area contributed by atoms with Gasteiger partial charge in [-0.1, -0.05) is 25.7 Å². The minimum absolute atomic E-state index is 0.00556. The molecule has 1 aromatic rings. The van der Waals surface area contributed by atoms with Crippen LogP contribution in [-0.2, 0) is 9.59 Å². The summed E-state index contributed by atoms with van der Waals surface area (Å²) in [5, 5.41) is 23.7. The van der Waals surface area contributed by atoms with Gasteiger partial charge >= 0.3 is 0 Å². The maximum Gasteiger partial charge on any atom is 0.247 e. The number of carbonyl (C=O) groups excluding carboxylic acids is 3. The maximum absolute atomic E-state index is 13.6. The number of hydrogen-bond donors (Lipinski definition) is 3. The molecule has 1 aliphatic heterocycles. The Hall–Kier alpha value is -2.91. The lowest BCUT2D eigenvalue weighted by molar-refractivity contribution is -0.137. The van der Waals surface area contributed by atoms with E-state index in [1.165, 1.54) is 20.0 Å². The molecule has 1 heterocycles. The summed E-state index contributed by atoms with van der Waals surface area (Å²) in [6.07, 6.45) is 8.60. The third kappa shape index (κ3) is 5.31. The molecule has 3 aliphatic carbocycles. The number of nitrogens with one attached hydrogen (secondary N) is 1. The summed E-state index contributed by atoms with van der Waals surface area (Å²) in [5.41, 5.74) is 1.31. The number of carbonyl (C=O) groups is 3. The molecule has 4 aliphatic rings. The number of aliphatic hydroxyl groups is 2. The third-order valence-corrected chi connectivity index (χ3v) is 8.48. The van der Waals surface area contributed by atoms with E-state index in [2.05, 4.69) is 5.32 Å². The van der Waals surface area contributed by atoms with Crippen LogP contribution in [0.5, 0.6) is 11.5 Å². The summed E-state index contributed by atoms with van der Waals surface area (Å²) in [7, 11) is 1.47. The van der Waals surface area contributed by atoms with Gasteiger partial charge in [-0.05, 0) is 49.3 Å². The minimum Gasteiger partial charge on any atom is -0.493 e. The molecule has 4 atom stereocenters. The number of amides is 2. The van der Waals surface area contributed by atoms with Gasteiger partial charge in [0.25, 0.3) is 0 Å². The highest BCUT2D eigenvalue weighted by Crippen LogP contribution is 2.51. The van der Waals surface area contributed by atoms with Crippen LogP contribution in [0, 0.1) is 11.8 Å². The second kappa shape index (κ2) is 11.5. The molecule has 2 amide bonds. The molecular weight excluding hydrogens is 488 g/mol. The molecule has 0 spiro atoms. The Kier molecular flexibility index (Phi) is 8.04. The van der Waals surface area contributed by atoms with Gasteiger partial charge in [0.2, 0.25) is 11.8 Å². The van der Waals surface area contributed by atoms with Gasteiger partial charge in [0.1, 0.15) is 18.5 Å². The van der Waals surface area contributed by atoms with Crippen LogP contribution >= 0.6 is 0 Å². The molecule has 2 fully saturated rings. The van der Waals surface area contributed by atoms with Gasteiger partial charge in [0.05, 0.1) is 25.7 Å². The molecule has 38 heavy (non-hydrogen) atoms. The zero-order valence-electron chi connectivity index (χ0n) is 21.9. The molecule has 0 aromatic heterocycles. The topological polar surface area (TPSA) is 125 Å². The first-order valence-electron chi connectivity index (χ1n) is 13.9. The summed E-state index contributed by atoms with van der Waals surface area (Å²) in [4.78, 5) is 40.4. The fourth-order valence-electron chi connectivity index (χ4n) is 6.30. The van der Waals surface area contributed by atoms with Crippen molar-refractivity contribution in [3.05, 3.63) is 34.9 Å². The van der Waals surface area contributed by atoms with Gasteiger partial charge < -0.3 is 29.9 Å². The normalized spacial score (nSPS) is 26.1. The summed E-state index contributed by atoms with van der Waals surface area (Å²) >= 11 is 0. The third-order valence-electron chi connectivity index (χ3n) is 8.48.